The van der Waals surface area contributed by atoms with E-state index in [1.165, 1.54) is 0 Å². The van der Waals surface area contributed by atoms with E-state index in [0.717, 1.165) is 13.0 Å². The van der Waals surface area contributed by atoms with Crippen LogP contribution in [0.25, 0.3) is 0 Å². The molecule has 0 spiro atoms. The predicted octanol–water partition coefficient (Wildman–Crippen LogP) is 1.77. The molecule has 1 aliphatic heterocycles. The van der Waals surface area contributed by atoms with Gasteiger partial charge in [0.15, 0.2) is 6.29 Å². The van der Waals surface area contributed by atoms with Gasteiger partial charge >= 0.3 is 0 Å². The second kappa shape index (κ2) is 3.56. The molecule has 1 fully saturated rings. The summed E-state index contributed by atoms with van der Waals surface area (Å²) in [6.07, 6.45) is 0.921. The standard InChI is InChI=1S/C7H13ClO2/c1-5(2)10-7-6(8)3-4-9-7/h5-7H,3-4H2,1-2H3. The maximum absolute atomic E-state index is 5.87. The highest BCUT2D eigenvalue weighted by Gasteiger charge is 2.27. The van der Waals surface area contributed by atoms with Gasteiger partial charge in [0.05, 0.1) is 18.1 Å². The fourth-order valence-electron chi connectivity index (χ4n) is 0.930. The van der Waals surface area contributed by atoms with E-state index in [1.807, 2.05) is 13.8 Å². The molecular formula is C7H13ClO2. The molecule has 1 saturated heterocycles. The van der Waals surface area contributed by atoms with Crippen LogP contribution in [0.1, 0.15) is 20.3 Å². The van der Waals surface area contributed by atoms with Crippen LogP contribution in [-0.2, 0) is 9.47 Å². The molecule has 0 aromatic rings. The summed E-state index contributed by atoms with van der Waals surface area (Å²) in [6, 6.07) is 0. The van der Waals surface area contributed by atoms with Gasteiger partial charge in [-0.25, -0.2) is 0 Å². The first-order valence-corrected chi connectivity index (χ1v) is 4.05. The summed E-state index contributed by atoms with van der Waals surface area (Å²) in [5.41, 5.74) is 0. The third-order valence-corrected chi connectivity index (χ3v) is 1.80. The highest BCUT2D eigenvalue weighted by molar-refractivity contribution is 6.21. The van der Waals surface area contributed by atoms with E-state index in [4.69, 9.17) is 21.1 Å². The largest absolute Gasteiger partial charge is 0.351 e. The van der Waals surface area contributed by atoms with E-state index in [2.05, 4.69) is 0 Å². The minimum absolute atomic E-state index is 0.0439. The normalized spacial score (nSPS) is 33.6. The fraction of sp³-hybridized carbons (Fsp3) is 1.00. The molecule has 0 N–H and O–H groups in total. The van der Waals surface area contributed by atoms with Crippen molar-refractivity contribution in [3.63, 3.8) is 0 Å². The van der Waals surface area contributed by atoms with Crippen molar-refractivity contribution < 1.29 is 9.47 Å². The fourth-order valence-corrected chi connectivity index (χ4v) is 1.15. The van der Waals surface area contributed by atoms with Gasteiger partial charge in [0, 0.05) is 0 Å². The van der Waals surface area contributed by atoms with Gasteiger partial charge < -0.3 is 9.47 Å². The highest BCUT2D eigenvalue weighted by Crippen LogP contribution is 2.21. The molecule has 0 amide bonds. The van der Waals surface area contributed by atoms with E-state index in [9.17, 15) is 0 Å². The van der Waals surface area contributed by atoms with Crippen LogP contribution < -0.4 is 0 Å². The average molecular weight is 165 g/mol. The monoisotopic (exact) mass is 164 g/mol. The number of hydrogen-bond acceptors (Lipinski definition) is 2. The Morgan fingerprint density at radius 3 is 2.70 bits per heavy atom. The molecule has 10 heavy (non-hydrogen) atoms. The van der Waals surface area contributed by atoms with E-state index in [0.29, 0.717) is 0 Å². The minimum Gasteiger partial charge on any atom is -0.351 e. The molecule has 2 nitrogen and oxygen atoms in total. The maximum atomic E-state index is 5.87. The van der Waals surface area contributed by atoms with E-state index >= 15 is 0 Å². The molecule has 0 radical (unpaired) electrons. The number of hydrogen-bond donors (Lipinski definition) is 0. The summed E-state index contributed by atoms with van der Waals surface area (Å²) >= 11 is 5.87. The van der Waals surface area contributed by atoms with Crippen molar-refractivity contribution in [1.29, 1.82) is 0 Å². The lowest BCUT2D eigenvalue weighted by Gasteiger charge is -2.16. The average Bonchev–Trinajstić information content (AvgIpc) is 2.15. The molecule has 1 rings (SSSR count). The molecule has 1 heterocycles. The molecule has 0 aromatic heterocycles. The number of halogens is 1. The van der Waals surface area contributed by atoms with E-state index in [1.54, 1.807) is 0 Å². The lowest BCUT2D eigenvalue weighted by atomic mass is 10.3. The third kappa shape index (κ3) is 2.11. The first-order chi connectivity index (χ1) is 4.70. The topological polar surface area (TPSA) is 18.5 Å². The van der Waals surface area contributed by atoms with Gasteiger partial charge in [0.25, 0.3) is 0 Å². The summed E-state index contributed by atoms with van der Waals surface area (Å²) < 4.78 is 10.6. The van der Waals surface area contributed by atoms with Crippen molar-refractivity contribution in [3.8, 4) is 0 Å². The van der Waals surface area contributed by atoms with Crippen LogP contribution in [0.5, 0.6) is 0 Å². The molecule has 60 valence electrons. The summed E-state index contributed by atoms with van der Waals surface area (Å²) in [5, 5.41) is 0.0439. The Bertz CT molecular complexity index is 106. The summed E-state index contributed by atoms with van der Waals surface area (Å²) in [6.45, 7) is 4.68. The lowest BCUT2D eigenvalue weighted by Crippen LogP contribution is -2.23. The van der Waals surface area contributed by atoms with Gasteiger partial charge in [0.1, 0.15) is 0 Å². The Labute approximate surface area is 66.5 Å². The van der Waals surface area contributed by atoms with Crippen LogP contribution in [0.2, 0.25) is 0 Å². The third-order valence-electron chi connectivity index (χ3n) is 1.38. The van der Waals surface area contributed by atoms with Crippen LogP contribution in [0, 0.1) is 0 Å². The van der Waals surface area contributed by atoms with Crippen LogP contribution in [-0.4, -0.2) is 24.4 Å². The van der Waals surface area contributed by atoms with Crippen LogP contribution in [0.4, 0.5) is 0 Å². The van der Waals surface area contributed by atoms with Crippen molar-refractivity contribution in [1.82, 2.24) is 0 Å². The second-order valence-corrected chi connectivity index (χ2v) is 3.29. The zero-order valence-electron chi connectivity index (χ0n) is 6.34. The van der Waals surface area contributed by atoms with Gasteiger partial charge in [-0.05, 0) is 20.3 Å². The SMILES string of the molecule is CC(C)OC1OCCC1Cl. The van der Waals surface area contributed by atoms with Crippen molar-refractivity contribution in [2.45, 2.75) is 38.0 Å². The molecule has 0 bridgehead atoms. The Morgan fingerprint density at radius 2 is 2.30 bits per heavy atom. The number of alkyl halides is 1. The van der Waals surface area contributed by atoms with Crippen molar-refractivity contribution in [3.05, 3.63) is 0 Å². The van der Waals surface area contributed by atoms with E-state index in [-0.39, 0.29) is 17.8 Å². The van der Waals surface area contributed by atoms with Crippen molar-refractivity contribution in [2.24, 2.45) is 0 Å². The Hall–Kier alpha value is 0.210. The molecule has 2 unspecified atom stereocenters. The lowest BCUT2D eigenvalue weighted by molar-refractivity contribution is -0.132. The van der Waals surface area contributed by atoms with Crippen molar-refractivity contribution in [2.75, 3.05) is 6.61 Å². The molecule has 1 aliphatic rings. The summed E-state index contributed by atoms with van der Waals surface area (Å²) in [5.74, 6) is 0. The zero-order chi connectivity index (χ0) is 7.56. The Balaban J connectivity index is 2.26. The quantitative estimate of drug-likeness (QED) is 0.580. The van der Waals surface area contributed by atoms with Crippen LogP contribution in [0.3, 0.4) is 0 Å². The second-order valence-electron chi connectivity index (χ2n) is 2.73. The van der Waals surface area contributed by atoms with E-state index < -0.39 is 0 Å². The summed E-state index contributed by atoms with van der Waals surface area (Å²) in [4.78, 5) is 0. The Kier molecular flexibility index (Phi) is 2.96. The van der Waals surface area contributed by atoms with Gasteiger partial charge in [-0.15, -0.1) is 11.6 Å². The van der Waals surface area contributed by atoms with Gasteiger partial charge in [-0.2, -0.15) is 0 Å². The molecule has 0 aliphatic carbocycles. The smallest absolute Gasteiger partial charge is 0.174 e. The summed E-state index contributed by atoms with van der Waals surface area (Å²) in [7, 11) is 0. The van der Waals surface area contributed by atoms with Crippen LogP contribution in [0.15, 0.2) is 0 Å². The predicted molar refractivity (Wildman–Crippen MR) is 40.2 cm³/mol. The highest BCUT2D eigenvalue weighted by atomic mass is 35.5. The molecule has 0 saturated carbocycles. The van der Waals surface area contributed by atoms with Crippen LogP contribution >= 0.6 is 11.6 Å². The first-order valence-electron chi connectivity index (χ1n) is 3.61. The van der Waals surface area contributed by atoms with Gasteiger partial charge in [-0.3, -0.25) is 0 Å². The molecule has 0 aromatic carbocycles. The zero-order valence-corrected chi connectivity index (χ0v) is 7.10. The number of rotatable bonds is 2. The van der Waals surface area contributed by atoms with Gasteiger partial charge in [-0.1, -0.05) is 0 Å². The first kappa shape index (κ1) is 8.31. The van der Waals surface area contributed by atoms with Gasteiger partial charge in [0.2, 0.25) is 0 Å². The molecular weight excluding hydrogens is 152 g/mol. The molecule has 3 heteroatoms. The maximum Gasteiger partial charge on any atom is 0.174 e. The van der Waals surface area contributed by atoms with Crippen molar-refractivity contribution >= 4 is 11.6 Å². The molecule has 2 atom stereocenters. The Morgan fingerprint density at radius 1 is 1.60 bits per heavy atom. The minimum atomic E-state index is -0.179. The number of ether oxygens (including phenoxy) is 2.